The molecule has 0 radical (unpaired) electrons. The van der Waals surface area contributed by atoms with Crippen LogP contribution in [0, 0.1) is 11.3 Å². The molecular weight excluding hydrogens is 192 g/mol. The summed E-state index contributed by atoms with van der Waals surface area (Å²) in [6.45, 7) is 0. The van der Waals surface area contributed by atoms with Gasteiger partial charge in [0.25, 0.3) is 12.0 Å². The van der Waals surface area contributed by atoms with E-state index in [1.54, 1.807) is 6.07 Å². The molecule has 0 aliphatic rings. The Kier molecular flexibility index (Phi) is 2.82. The van der Waals surface area contributed by atoms with Gasteiger partial charge in [0, 0.05) is 5.56 Å². The van der Waals surface area contributed by atoms with Gasteiger partial charge in [-0.15, -0.1) is 0 Å². The van der Waals surface area contributed by atoms with E-state index in [0.717, 1.165) is 6.07 Å². The van der Waals surface area contributed by atoms with Gasteiger partial charge in [-0.2, -0.15) is 5.26 Å². The van der Waals surface area contributed by atoms with Crippen LogP contribution in [0.15, 0.2) is 10.9 Å². The zero-order chi connectivity index (χ0) is 10.7. The van der Waals surface area contributed by atoms with E-state index in [0.29, 0.717) is 0 Å². The lowest BCUT2D eigenvalue weighted by Gasteiger charge is -2.04. The molecule has 0 aromatic carbocycles. The molecular formula is C8H7F2N3O. The minimum atomic E-state index is -2.86. The van der Waals surface area contributed by atoms with Crippen LogP contribution in [0.25, 0.3) is 0 Å². The summed E-state index contributed by atoms with van der Waals surface area (Å²) in [6.07, 6.45) is -2.97. The molecule has 0 saturated heterocycles. The molecule has 6 heteroatoms. The Hall–Kier alpha value is -1.90. The van der Waals surface area contributed by atoms with Crippen molar-refractivity contribution in [1.29, 1.82) is 5.26 Å². The first-order valence-electron chi connectivity index (χ1n) is 3.73. The number of nitrogens with zero attached hydrogens (tertiary/aromatic N) is 1. The molecule has 1 aromatic rings. The number of nitrogens with one attached hydrogen (secondary N) is 1. The molecule has 74 valence electrons. The van der Waals surface area contributed by atoms with Crippen LogP contribution in [0.4, 0.5) is 14.6 Å². The van der Waals surface area contributed by atoms with Crippen LogP contribution in [-0.2, 0) is 6.42 Å². The number of aromatic amines is 1. The number of anilines is 1. The van der Waals surface area contributed by atoms with Gasteiger partial charge in [0.1, 0.15) is 5.82 Å². The number of H-pyrrole nitrogens is 1. The molecule has 1 heterocycles. The number of nitrogen functional groups attached to an aromatic ring is 1. The zero-order valence-electron chi connectivity index (χ0n) is 7.05. The van der Waals surface area contributed by atoms with Crippen molar-refractivity contribution in [2.75, 3.05) is 5.73 Å². The highest BCUT2D eigenvalue weighted by molar-refractivity contribution is 5.42. The lowest BCUT2D eigenvalue weighted by atomic mass is 10.1. The van der Waals surface area contributed by atoms with E-state index in [4.69, 9.17) is 11.0 Å². The Morgan fingerprint density at radius 3 is 2.79 bits per heavy atom. The molecule has 0 bridgehead atoms. The fourth-order valence-corrected chi connectivity index (χ4v) is 0.999. The number of alkyl halides is 2. The summed E-state index contributed by atoms with van der Waals surface area (Å²) >= 11 is 0. The fraction of sp³-hybridized carbons (Fsp3) is 0.250. The number of halogens is 2. The smallest absolute Gasteiger partial charge is 0.269 e. The van der Waals surface area contributed by atoms with E-state index in [2.05, 4.69) is 4.98 Å². The normalized spacial score (nSPS) is 10.1. The lowest BCUT2D eigenvalue weighted by Crippen LogP contribution is -2.16. The summed E-state index contributed by atoms with van der Waals surface area (Å²) < 4.78 is 24.5. The van der Waals surface area contributed by atoms with Gasteiger partial charge in [-0.3, -0.25) is 4.79 Å². The first-order chi connectivity index (χ1) is 6.56. The zero-order valence-corrected chi connectivity index (χ0v) is 7.05. The quantitative estimate of drug-likeness (QED) is 0.744. The summed E-state index contributed by atoms with van der Waals surface area (Å²) in [4.78, 5) is 13.0. The van der Waals surface area contributed by atoms with E-state index in [9.17, 15) is 13.6 Å². The SMILES string of the molecule is N#CCc1cc(C(F)F)c(=O)[nH]c1N. The second kappa shape index (κ2) is 3.87. The first kappa shape index (κ1) is 10.2. The Bertz CT molecular complexity index is 433. The Morgan fingerprint density at radius 1 is 1.64 bits per heavy atom. The fourth-order valence-electron chi connectivity index (χ4n) is 0.999. The molecule has 0 spiro atoms. The van der Waals surface area contributed by atoms with E-state index < -0.39 is 17.5 Å². The Labute approximate surface area is 78.0 Å². The van der Waals surface area contributed by atoms with Gasteiger partial charge in [0.2, 0.25) is 0 Å². The second-order valence-electron chi connectivity index (χ2n) is 2.63. The van der Waals surface area contributed by atoms with Gasteiger partial charge in [0.05, 0.1) is 18.1 Å². The highest BCUT2D eigenvalue weighted by Crippen LogP contribution is 2.17. The highest BCUT2D eigenvalue weighted by atomic mass is 19.3. The largest absolute Gasteiger partial charge is 0.385 e. The number of hydrogen-bond donors (Lipinski definition) is 2. The highest BCUT2D eigenvalue weighted by Gasteiger charge is 2.14. The minimum absolute atomic E-state index is 0.0408. The maximum atomic E-state index is 12.2. The Morgan fingerprint density at radius 2 is 2.29 bits per heavy atom. The Balaban J connectivity index is 3.29. The maximum absolute atomic E-state index is 12.2. The van der Waals surface area contributed by atoms with Crippen molar-refractivity contribution in [3.8, 4) is 6.07 Å². The van der Waals surface area contributed by atoms with E-state index in [-0.39, 0.29) is 17.8 Å². The average Bonchev–Trinajstić information content (AvgIpc) is 2.09. The van der Waals surface area contributed by atoms with Crippen molar-refractivity contribution in [1.82, 2.24) is 4.98 Å². The summed E-state index contributed by atoms with van der Waals surface area (Å²) in [7, 11) is 0. The standard InChI is InChI=1S/C8H7F2N3O/c9-6(10)5-3-4(1-2-11)7(12)13-8(5)14/h3,6H,1H2,(H3,12,13,14). The lowest BCUT2D eigenvalue weighted by molar-refractivity contribution is 0.149. The van der Waals surface area contributed by atoms with Crippen molar-refractivity contribution in [2.45, 2.75) is 12.8 Å². The molecule has 1 rings (SSSR count). The third kappa shape index (κ3) is 1.88. The van der Waals surface area contributed by atoms with Gasteiger partial charge in [0.15, 0.2) is 0 Å². The molecule has 0 amide bonds. The molecule has 0 aliphatic carbocycles. The molecule has 14 heavy (non-hydrogen) atoms. The predicted octanol–water partition coefficient (Wildman–Crippen LogP) is 0.961. The van der Waals surface area contributed by atoms with Crippen molar-refractivity contribution < 1.29 is 8.78 Å². The van der Waals surface area contributed by atoms with Crippen molar-refractivity contribution >= 4 is 5.82 Å². The van der Waals surface area contributed by atoms with Crippen LogP contribution in [0.3, 0.4) is 0 Å². The first-order valence-corrected chi connectivity index (χ1v) is 3.73. The van der Waals surface area contributed by atoms with Crippen LogP contribution in [0.5, 0.6) is 0 Å². The molecule has 0 saturated carbocycles. The number of nitriles is 1. The van der Waals surface area contributed by atoms with Crippen LogP contribution in [-0.4, -0.2) is 4.98 Å². The second-order valence-corrected chi connectivity index (χ2v) is 2.63. The molecule has 1 aromatic heterocycles. The predicted molar refractivity (Wildman–Crippen MR) is 45.7 cm³/mol. The number of aromatic nitrogens is 1. The average molecular weight is 199 g/mol. The topological polar surface area (TPSA) is 82.7 Å². The molecule has 0 unspecified atom stereocenters. The summed E-state index contributed by atoms with van der Waals surface area (Å²) in [5.74, 6) is -0.0408. The molecule has 4 nitrogen and oxygen atoms in total. The van der Waals surface area contributed by atoms with Gasteiger partial charge in [-0.05, 0) is 6.07 Å². The monoisotopic (exact) mass is 199 g/mol. The van der Waals surface area contributed by atoms with Crippen molar-refractivity contribution in [3.05, 3.63) is 27.5 Å². The summed E-state index contributed by atoms with van der Waals surface area (Å²) in [5, 5.41) is 8.36. The van der Waals surface area contributed by atoms with Gasteiger partial charge < -0.3 is 10.7 Å². The van der Waals surface area contributed by atoms with E-state index >= 15 is 0 Å². The number of rotatable bonds is 2. The van der Waals surface area contributed by atoms with E-state index in [1.807, 2.05) is 0 Å². The minimum Gasteiger partial charge on any atom is -0.385 e. The number of hydrogen-bond acceptors (Lipinski definition) is 3. The van der Waals surface area contributed by atoms with Crippen LogP contribution >= 0.6 is 0 Å². The third-order valence-electron chi connectivity index (χ3n) is 1.69. The molecule has 0 aliphatic heterocycles. The van der Waals surface area contributed by atoms with Crippen molar-refractivity contribution in [2.24, 2.45) is 0 Å². The summed E-state index contributed by atoms with van der Waals surface area (Å²) in [5.41, 5.74) is 3.96. The molecule has 0 fully saturated rings. The maximum Gasteiger partial charge on any atom is 0.269 e. The third-order valence-corrected chi connectivity index (χ3v) is 1.69. The number of nitrogens with two attached hydrogens (primary N) is 1. The van der Waals surface area contributed by atoms with E-state index in [1.165, 1.54) is 0 Å². The van der Waals surface area contributed by atoms with Crippen molar-refractivity contribution in [3.63, 3.8) is 0 Å². The van der Waals surface area contributed by atoms with Gasteiger partial charge >= 0.3 is 0 Å². The molecule has 0 atom stereocenters. The van der Waals surface area contributed by atoms with Gasteiger partial charge in [-0.1, -0.05) is 0 Å². The van der Waals surface area contributed by atoms with Gasteiger partial charge in [-0.25, -0.2) is 8.78 Å². The van der Waals surface area contributed by atoms with Crippen LogP contribution in [0.1, 0.15) is 17.6 Å². The summed E-state index contributed by atoms with van der Waals surface area (Å²) in [6, 6.07) is 2.72. The molecule has 3 N–H and O–H groups in total. The number of pyridine rings is 1. The van der Waals surface area contributed by atoms with Crippen LogP contribution in [0.2, 0.25) is 0 Å². The van der Waals surface area contributed by atoms with Crippen LogP contribution < -0.4 is 11.3 Å².